The molecule has 1 aromatic heterocycles. The Morgan fingerprint density at radius 3 is 2.31 bits per heavy atom. The summed E-state index contributed by atoms with van der Waals surface area (Å²) in [5.74, 6) is -0.0517. The van der Waals surface area contributed by atoms with Crippen LogP contribution in [0.4, 0.5) is 0 Å². The van der Waals surface area contributed by atoms with E-state index in [2.05, 4.69) is 13.8 Å². The van der Waals surface area contributed by atoms with Gasteiger partial charge in [-0.15, -0.1) is 0 Å². The molecule has 3 heterocycles. The first-order valence-corrected chi connectivity index (χ1v) is 10.6. The van der Waals surface area contributed by atoms with Crippen LogP contribution >= 0.6 is 0 Å². The van der Waals surface area contributed by atoms with Crippen molar-refractivity contribution < 1.29 is 14.4 Å². The highest BCUT2D eigenvalue weighted by Gasteiger charge is 2.31. The van der Waals surface area contributed by atoms with Crippen molar-refractivity contribution in [3.8, 4) is 0 Å². The lowest BCUT2D eigenvalue weighted by molar-refractivity contribution is -0.130. The van der Waals surface area contributed by atoms with E-state index in [1.807, 2.05) is 33.7 Å². The molecule has 2 atom stereocenters. The first-order valence-electron chi connectivity index (χ1n) is 10.6. The van der Waals surface area contributed by atoms with Crippen molar-refractivity contribution in [3.63, 3.8) is 0 Å². The summed E-state index contributed by atoms with van der Waals surface area (Å²) < 4.78 is 1.82. The van der Waals surface area contributed by atoms with Crippen LogP contribution in [0.25, 0.3) is 10.9 Å². The fourth-order valence-corrected chi connectivity index (χ4v) is 4.86. The average molecular weight is 396 g/mol. The number of para-hydroxylation sites is 1. The van der Waals surface area contributed by atoms with E-state index in [9.17, 15) is 14.4 Å². The second-order valence-electron chi connectivity index (χ2n) is 8.76. The average Bonchev–Trinajstić information content (AvgIpc) is 3.35. The Balaban J connectivity index is 1.60. The third-order valence-corrected chi connectivity index (χ3v) is 6.15. The van der Waals surface area contributed by atoms with Gasteiger partial charge in [0, 0.05) is 43.3 Å². The molecule has 4 rings (SSSR count). The van der Waals surface area contributed by atoms with Crippen LogP contribution in [0.15, 0.2) is 30.5 Å². The van der Waals surface area contributed by atoms with E-state index < -0.39 is 11.7 Å². The number of piperidine rings is 1. The third-order valence-electron chi connectivity index (χ3n) is 6.15. The van der Waals surface area contributed by atoms with Gasteiger partial charge in [0.15, 0.2) is 0 Å². The molecule has 1 aromatic carbocycles. The van der Waals surface area contributed by atoms with E-state index in [4.69, 9.17) is 0 Å². The molecule has 6 nitrogen and oxygen atoms in total. The number of ketones is 1. The van der Waals surface area contributed by atoms with Gasteiger partial charge in [-0.3, -0.25) is 14.4 Å². The van der Waals surface area contributed by atoms with Crippen molar-refractivity contribution in [3.05, 3.63) is 36.0 Å². The molecule has 0 saturated carbocycles. The van der Waals surface area contributed by atoms with Crippen LogP contribution < -0.4 is 0 Å². The second kappa shape index (κ2) is 8.01. The lowest BCUT2D eigenvalue weighted by Gasteiger charge is -2.34. The van der Waals surface area contributed by atoms with Gasteiger partial charge >= 0.3 is 0 Å². The Bertz CT molecular complexity index is 932. The summed E-state index contributed by atoms with van der Waals surface area (Å²) in [4.78, 5) is 42.3. The molecule has 0 bridgehead atoms. The molecule has 0 spiro atoms. The molecule has 29 heavy (non-hydrogen) atoms. The van der Waals surface area contributed by atoms with E-state index in [0.717, 1.165) is 43.3 Å². The third kappa shape index (κ3) is 3.93. The predicted molar refractivity (Wildman–Crippen MR) is 112 cm³/mol. The van der Waals surface area contributed by atoms with Crippen molar-refractivity contribution >= 4 is 28.5 Å². The van der Waals surface area contributed by atoms with Crippen LogP contribution in [0.5, 0.6) is 0 Å². The number of likely N-dealkylation sites (tertiary alicyclic amines) is 2. The molecule has 0 aliphatic carbocycles. The minimum Gasteiger partial charge on any atom is -0.341 e. The second-order valence-corrected chi connectivity index (χ2v) is 8.76. The smallest absolute Gasteiger partial charge is 0.295 e. The summed E-state index contributed by atoms with van der Waals surface area (Å²) in [6, 6.07) is 7.51. The zero-order valence-corrected chi connectivity index (χ0v) is 17.3. The molecule has 154 valence electrons. The van der Waals surface area contributed by atoms with Crippen LogP contribution in [0.3, 0.4) is 0 Å². The number of hydrogen-bond acceptors (Lipinski definition) is 3. The molecule has 2 amide bonds. The van der Waals surface area contributed by atoms with Gasteiger partial charge in [-0.05, 0) is 37.2 Å². The van der Waals surface area contributed by atoms with E-state index in [1.165, 1.54) is 0 Å². The quantitative estimate of drug-likeness (QED) is 0.591. The number of aromatic nitrogens is 1. The molecule has 0 unspecified atom stereocenters. The minimum atomic E-state index is -0.477. The molecule has 2 saturated heterocycles. The van der Waals surface area contributed by atoms with Gasteiger partial charge in [0.2, 0.25) is 5.91 Å². The summed E-state index contributed by atoms with van der Waals surface area (Å²) >= 11 is 0. The van der Waals surface area contributed by atoms with E-state index in [0.29, 0.717) is 30.5 Å². The fourth-order valence-electron chi connectivity index (χ4n) is 4.86. The molecule has 2 fully saturated rings. The molecule has 0 N–H and O–H groups in total. The number of fused-ring (bicyclic) bond motifs is 1. The Morgan fingerprint density at radius 1 is 0.966 bits per heavy atom. The first-order chi connectivity index (χ1) is 13.9. The van der Waals surface area contributed by atoms with Crippen molar-refractivity contribution in [1.82, 2.24) is 14.4 Å². The van der Waals surface area contributed by atoms with Gasteiger partial charge in [-0.1, -0.05) is 32.0 Å². The maximum atomic E-state index is 13.1. The van der Waals surface area contributed by atoms with E-state index in [1.54, 1.807) is 11.1 Å². The van der Waals surface area contributed by atoms with Gasteiger partial charge < -0.3 is 14.4 Å². The number of carbonyl (C=O) groups is 3. The van der Waals surface area contributed by atoms with Crippen molar-refractivity contribution in [2.24, 2.45) is 11.8 Å². The molecule has 6 heteroatoms. The monoisotopic (exact) mass is 395 g/mol. The lowest BCUT2D eigenvalue weighted by atomic mass is 9.91. The Morgan fingerprint density at radius 2 is 1.62 bits per heavy atom. The van der Waals surface area contributed by atoms with Crippen molar-refractivity contribution in [1.29, 1.82) is 0 Å². The van der Waals surface area contributed by atoms with Crippen molar-refractivity contribution in [2.75, 3.05) is 26.2 Å². The van der Waals surface area contributed by atoms with Gasteiger partial charge in [0.1, 0.15) is 6.54 Å². The molecule has 2 aliphatic rings. The zero-order chi connectivity index (χ0) is 20.5. The molecule has 2 aliphatic heterocycles. The standard InChI is InChI=1S/C23H29N3O3/c1-16-11-17(2)13-26(12-16)23(29)22(28)19-14-25(20-8-4-3-7-18(19)20)15-21(27)24-9-5-6-10-24/h3-4,7-8,14,16-17H,5-6,9-13,15H2,1-2H3/t16-,17-/m0/s1. The number of carbonyl (C=O) groups excluding carboxylic acids is 3. The van der Waals surface area contributed by atoms with Gasteiger partial charge in [0.05, 0.1) is 5.56 Å². The maximum Gasteiger partial charge on any atom is 0.295 e. The summed E-state index contributed by atoms with van der Waals surface area (Å²) in [6.45, 7) is 7.29. The van der Waals surface area contributed by atoms with E-state index >= 15 is 0 Å². The number of hydrogen-bond donors (Lipinski definition) is 0. The Hall–Kier alpha value is -2.63. The SMILES string of the molecule is C[C@H]1C[C@H](C)CN(C(=O)C(=O)c2cn(CC(=O)N3CCCC3)c3ccccc23)C1. The molecular weight excluding hydrogens is 366 g/mol. The summed E-state index contributed by atoms with van der Waals surface area (Å²) in [6.07, 6.45) is 4.86. The lowest BCUT2D eigenvalue weighted by Crippen LogP contribution is -2.45. The molecular formula is C23H29N3O3. The first kappa shape index (κ1) is 19.7. The number of nitrogens with zero attached hydrogens (tertiary/aromatic N) is 3. The number of rotatable bonds is 4. The summed E-state index contributed by atoms with van der Waals surface area (Å²) in [5.41, 5.74) is 1.21. The largest absolute Gasteiger partial charge is 0.341 e. The molecule has 0 radical (unpaired) electrons. The van der Waals surface area contributed by atoms with Crippen molar-refractivity contribution in [2.45, 2.75) is 39.7 Å². The number of benzene rings is 1. The Labute approximate surface area is 171 Å². The van der Waals surface area contributed by atoms with E-state index in [-0.39, 0.29) is 12.5 Å². The highest BCUT2D eigenvalue weighted by molar-refractivity contribution is 6.44. The highest BCUT2D eigenvalue weighted by Crippen LogP contribution is 2.25. The summed E-state index contributed by atoms with van der Waals surface area (Å²) in [5, 5.41) is 0.734. The molecule has 2 aromatic rings. The topological polar surface area (TPSA) is 62.6 Å². The Kier molecular flexibility index (Phi) is 5.43. The predicted octanol–water partition coefficient (Wildman–Crippen LogP) is 2.95. The van der Waals surface area contributed by atoms with Gasteiger partial charge in [0.25, 0.3) is 11.7 Å². The highest BCUT2D eigenvalue weighted by atomic mass is 16.2. The van der Waals surface area contributed by atoms with Crippen LogP contribution in [0.1, 0.15) is 43.5 Å². The van der Waals surface area contributed by atoms with Crippen LogP contribution in [0, 0.1) is 11.8 Å². The number of amides is 2. The van der Waals surface area contributed by atoms with Crippen LogP contribution in [-0.4, -0.2) is 58.1 Å². The fraction of sp³-hybridized carbons (Fsp3) is 0.522. The summed E-state index contributed by atoms with van der Waals surface area (Å²) in [7, 11) is 0. The van der Waals surface area contributed by atoms with Crippen LogP contribution in [0.2, 0.25) is 0 Å². The normalized spacial score (nSPS) is 22.3. The maximum absolute atomic E-state index is 13.1. The van der Waals surface area contributed by atoms with Gasteiger partial charge in [-0.25, -0.2) is 0 Å². The number of Topliss-reactive ketones (excluding diaryl/α,β-unsaturated/α-hetero) is 1. The van der Waals surface area contributed by atoms with Gasteiger partial charge in [-0.2, -0.15) is 0 Å². The minimum absolute atomic E-state index is 0.0623. The zero-order valence-electron chi connectivity index (χ0n) is 17.3. The van der Waals surface area contributed by atoms with Crippen LogP contribution in [-0.2, 0) is 16.1 Å².